The van der Waals surface area contributed by atoms with E-state index >= 15 is 0 Å². The zero-order chi connectivity index (χ0) is 17.3. The Balaban J connectivity index is 2.30. The maximum atomic E-state index is 13.4. The van der Waals surface area contributed by atoms with Crippen molar-refractivity contribution in [2.45, 2.75) is 13.0 Å². The predicted octanol–water partition coefficient (Wildman–Crippen LogP) is 0.420. The molecule has 1 aromatic carbocycles. The number of nitrogens with one attached hydrogen (secondary N) is 1. The van der Waals surface area contributed by atoms with Crippen LogP contribution in [-0.4, -0.2) is 20.1 Å². The maximum absolute atomic E-state index is 13.4. The van der Waals surface area contributed by atoms with E-state index in [4.69, 9.17) is 0 Å². The number of halogens is 1. The third-order valence-corrected chi connectivity index (χ3v) is 3.58. The number of aromatic hydroxyl groups is 1. The van der Waals surface area contributed by atoms with Gasteiger partial charge >= 0.3 is 5.69 Å². The fourth-order valence-electron chi connectivity index (χ4n) is 2.10. The molecular formula is C15H16FN3O4. The molecule has 7 nitrogen and oxygen atoms in total. The van der Waals surface area contributed by atoms with Gasteiger partial charge < -0.3 is 10.4 Å². The summed E-state index contributed by atoms with van der Waals surface area (Å²) in [5.41, 5.74) is -0.876. The van der Waals surface area contributed by atoms with Gasteiger partial charge in [-0.25, -0.2) is 9.18 Å². The highest BCUT2D eigenvalue weighted by Crippen LogP contribution is 2.20. The largest absolute Gasteiger partial charge is 0.505 e. The quantitative estimate of drug-likeness (QED) is 0.857. The molecule has 0 spiro atoms. The summed E-state index contributed by atoms with van der Waals surface area (Å²) in [7, 11) is 2.69. The fourth-order valence-corrected chi connectivity index (χ4v) is 2.10. The van der Waals surface area contributed by atoms with Crippen LogP contribution in [0.5, 0.6) is 5.75 Å². The molecule has 1 unspecified atom stereocenters. The van der Waals surface area contributed by atoms with Crippen molar-refractivity contribution in [2.24, 2.45) is 14.1 Å². The van der Waals surface area contributed by atoms with Gasteiger partial charge in [-0.05, 0) is 24.6 Å². The summed E-state index contributed by atoms with van der Waals surface area (Å²) in [6.45, 7) is 1.61. The van der Waals surface area contributed by atoms with E-state index in [0.717, 1.165) is 21.3 Å². The smallest absolute Gasteiger partial charge is 0.331 e. The molecular weight excluding hydrogens is 305 g/mol. The molecule has 0 bridgehead atoms. The second-order valence-corrected chi connectivity index (χ2v) is 5.17. The number of aromatic nitrogens is 2. The molecule has 2 N–H and O–H groups in total. The molecule has 122 valence electrons. The lowest BCUT2D eigenvalue weighted by Gasteiger charge is -2.16. The van der Waals surface area contributed by atoms with Crippen LogP contribution in [-0.2, 0) is 14.1 Å². The summed E-state index contributed by atoms with van der Waals surface area (Å²) in [5, 5.41) is 11.8. The van der Waals surface area contributed by atoms with Gasteiger partial charge in [0.2, 0.25) is 0 Å². The summed E-state index contributed by atoms with van der Waals surface area (Å²) < 4.78 is 15.3. The van der Waals surface area contributed by atoms with Crippen molar-refractivity contribution >= 4 is 5.91 Å². The first-order valence-corrected chi connectivity index (χ1v) is 6.78. The average molecular weight is 321 g/mol. The Morgan fingerprint density at radius 1 is 1.22 bits per heavy atom. The third-order valence-electron chi connectivity index (χ3n) is 3.58. The number of nitrogens with zero attached hydrogens (tertiary/aromatic N) is 2. The number of phenols is 1. The number of benzene rings is 1. The van der Waals surface area contributed by atoms with Crippen LogP contribution in [0.25, 0.3) is 0 Å². The Morgan fingerprint density at radius 3 is 2.48 bits per heavy atom. The molecule has 2 rings (SSSR count). The van der Waals surface area contributed by atoms with E-state index in [1.807, 2.05) is 0 Å². The van der Waals surface area contributed by atoms with E-state index < -0.39 is 34.8 Å². The Hall–Kier alpha value is -2.90. The molecule has 2 aromatic rings. The highest BCUT2D eigenvalue weighted by Gasteiger charge is 2.17. The van der Waals surface area contributed by atoms with E-state index in [9.17, 15) is 23.9 Å². The minimum absolute atomic E-state index is 0.0933. The van der Waals surface area contributed by atoms with Crippen LogP contribution in [0.2, 0.25) is 0 Å². The summed E-state index contributed by atoms with van der Waals surface area (Å²) in [6, 6.07) is 4.22. The molecule has 8 heteroatoms. The summed E-state index contributed by atoms with van der Waals surface area (Å²) >= 11 is 0. The number of phenolic OH excluding ortho intramolecular Hbond substituents is 1. The highest BCUT2D eigenvalue weighted by molar-refractivity contribution is 5.92. The zero-order valence-electron chi connectivity index (χ0n) is 12.8. The molecule has 0 fully saturated rings. The van der Waals surface area contributed by atoms with Crippen molar-refractivity contribution in [1.82, 2.24) is 14.5 Å². The number of carbonyl (C=O) groups is 1. The van der Waals surface area contributed by atoms with E-state index in [0.29, 0.717) is 5.56 Å². The van der Waals surface area contributed by atoms with E-state index in [-0.39, 0.29) is 5.69 Å². The Bertz CT molecular complexity index is 885. The number of hydrogen-bond acceptors (Lipinski definition) is 4. The Kier molecular flexibility index (Phi) is 4.35. The van der Waals surface area contributed by atoms with E-state index in [1.54, 1.807) is 6.92 Å². The Labute approximate surface area is 130 Å². The number of amides is 1. The molecule has 0 saturated carbocycles. The van der Waals surface area contributed by atoms with Crippen molar-refractivity contribution < 1.29 is 14.3 Å². The van der Waals surface area contributed by atoms with Gasteiger partial charge in [0.05, 0.1) is 6.04 Å². The van der Waals surface area contributed by atoms with Crippen LogP contribution < -0.4 is 16.6 Å². The van der Waals surface area contributed by atoms with Crippen LogP contribution >= 0.6 is 0 Å². The first-order chi connectivity index (χ1) is 10.7. The van der Waals surface area contributed by atoms with Gasteiger partial charge in [-0.2, -0.15) is 0 Å². The minimum atomic E-state index is -0.801. The van der Waals surface area contributed by atoms with Gasteiger partial charge in [0.25, 0.3) is 11.5 Å². The molecule has 0 aliphatic carbocycles. The van der Waals surface area contributed by atoms with Gasteiger partial charge in [0, 0.05) is 20.2 Å². The molecule has 1 heterocycles. The highest BCUT2D eigenvalue weighted by atomic mass is 19.1. The number of carbonyl (C=O) groups excluding carboxylic acids is 1. The standard InChI is InChI=1S/C15H16FN3O4/c1-8(9-4-5-12(20)10(16)6-9)17-14(22)11-7-13(21)19(3)15(23)18(11)2/h4-8,20H,1-3H3,(H,17,22). The van der Waals surface area contributed by atoms with Gasteiger partial charge in [-0.15, -0.1) is 0 Å². The minimum Gasteiger partial charge on any atom is -0.505 e. The van der Waals surface area contributed by atoms with E-state index in [2.05, 4.69) is 5.32 Å². The van der Waals surface area contributed by atoms with E-state index in [1.165, 1.54) is 26.2 Å². The topological polar surface area (TPSA) is 93.3 Å². The fraction of sp³-hybridized carbons (Fsp3) is 0.267. The molecule has 1 aromatic heterocycles. The zero-order valence-corrected chi connectivity index (χ0v) is 12.8. The maximum Gasteiger partial charge on any atom is 0.331 e. The number of rotatable bonds is 3. The van der Waals surface area contributed by atoms with Gasteiger partial charge in [0.15, 0.2) is 11.6 Å². The molecule has 23 heavy (non-hydrogen) atoms. The first-order valence-electron chi connectivity index (χ1n) is 6.78. The average Bonchev–Trinajstić information content (AvgIpc) is 2.51. The van der Waals surface area contributed by atoms with Gasteiger partial charge in [-0.3, -0.25) is 18.7 Å². The van der Waals surface area contributed by atoms with Crippen LogP contribution in [0.4, 0.5) is 4.39 Å². The van der Waals surface area contributed by atoms with Crippen LogP contribution in [0.1, 0.15) is 29.0 Å². The summed E-state index contributed by atoms with van der Waals surface area (Å²) in [6.07, 6.45) is 0. The SMILES string of the molecule is CC(NC(=O)c1cc(=O)n(C)c(=O)n1C)c1ccc(O)c(F)c1. The summed E-state index contributed by atoms with van der Waals surface area (Å²) in [5.74, 6) is -1.92. The normalized spacial score (nSPS) is 12.0. The lowest BCUT2D eigenvalue weighted by molar-refractivity contribution is 0.0929. The predicted molar refractivity (Wildman–Crippen MR) is 80.9 cm³/mol. The lowest BCUT2D eigenvalue weighted by atomic mass is 10.1. The van der Waals surface area contributed by atoms with Crippen LogP contribution in [0.3, 0.4) is 0 Å². The van der Waals surface area contributed by atoms with Crippen LogP contribution in [0, 0.1) is 5.82 Å². The lowest BCUT2D eigenvalue weighted by Crippen LogP contribution is -2.41. The van der Waals surface area contributed by atoms with Crippen molar-refractivity contribution in [3.63, 3.8) is 0 Å². The molecule has 1 atom stereocenters. The second-order valence-electron chi connectivity index (χ2n) is 5.17. The molecule has 0 radical (unpaired) electrons. The molecule has 0 saturated heterocycles. The second kappa shape index (κ2) is 6.07. The van der Waals surface area contributed by atoms with Crippen LogP contribution in [0.15, 0.2) is 33.9 Å². The van der Waals surface area contributed by atoms with Crippen molar-refractivity contribution in [3.8, 4) is 5.75 Å². The first kappa shape index (κ1) is 16.5. The van der Waals surface area contributed by atoms with Crippen molar-refractivity contribution in [3.05, 3.63) is 62.2 Å². The van der Waals surface area contributed by atoms with Gasteiger partial charge in [0.1, 0.15) is 5.69 Å². The molecule has 0 aliphatic rings. The Morgan fingerprint density at radius 2 is 1.87 bits per heavy atom. The molecule has 0 aliphatic heterocycles. The number of hydrogen-bond donors (Lipinski definition) is 2. The van der Waals surface area contributed by atoms with Crippen molar-refractivity contribution in [1.29, 1.82) is 0 Å². The summed E-state index contributed by atoms with van der Waals surface area (Å²) in [4.78, 5) is 35.7. The molecule has 1 amide bonds. The third kappa shape index (κ3) is 3.15. The monoisotopic (exact) mass is 321 g/mol. The van der Waals surface area contributed by atoms with Crippen molar-refractivity contribution in [2.75, 3.05) is 0 Å². The van der Waals surface area contributed by atoms with Gasteiger partial charge in [-0.1, -0.05) is 6.07 Å².